The molecule has 4 rings (SSSR count). The van der Waals surface area contributed by atoms with Gasteiger partial charge in [0.2, 0.25) is 0 Å². The second-order valence-electron chi connectivity index (χ2n) is 6.30. The average Bonchev–Trinajstić information content (AvgIpc) is 3.07. The van der Waals surface area contributed by atoms with E-state index >= 15 is 0 Å². The van der Waals surface area contributed by atoms with Crippen LogP contribution in [-0.4, -0.2) is 24.8 Å². The molecule has 0 bridgehead atoms. The van der Waals surface area contributed by atoms with Crippen LogP contribution < -0.4 is 0 Å². The smallest absolute Gasteiger partial charge is 0.331 e. The van der Waals surface area contributed by atoms with Gasteiger partial charge in [-0.25, -0.2) is 13.2 Å². The van der Waals surface area contributed by atoms with Crippen molar-refractivity contribution in [2.75, 3.05) is 0 Å². The van der Waals surface area contributed by atoms with Crippen LogP contribution >= 0.6 is 0 Å². The van der Waals surface area contributed by atoms with Crippen molar-refractivity contribution >= 4 is 22.1 Å². The maximum absolute atomic E-state index is 13.3. The Morgan fingerprint density at radius 3 is 2.42 bits per heavy atom. The minimum absolute atomic E-state index is 0.199. The molecule has 0 amide bonds. The van der Waals surface area contributed by atoms with E-state index in [4.69, 9.17) is 4.74 Å². The lowest BCUT2D eigenvalue weighted by Gasteiger charge is -2.36. The summed E-state index contributed by atoms with van der Waals surface area (Å²) in [6, 6.07) is 13.6. The van der Waals surface area contributed by atoms with Gasteiger partial charge in [-0.3, -0.25) is 4.31 Å². The summed E-state index contributed by atoms with van der Waals surface area (Å²) in [6.07, 6.45) is 5.58. The van der Waals surface area contributed by atoms with E-state index in [-0.39, 0.29) is 4.90 Å². The molecular formula is C20H17NO4S. The van der Waals surface area contributed by atoms with Crippen molar-refractivity contribution in [1.82, 2.24) is 4.31 Å². The SMILES string of the molecule is Cc1ccc(S(=O)(=O)N2C=Cc3ccccc3[C@H]2[C@@H]2C=CC(=O)O2)cc1. The lowest BCUT2D eigenvalue weighted by atomic mass is 9.94. The number of hydrogen-bond acceptors (Lipinski definition) is 4. The molecule has 0 radical (unpaired) electrons. The minimum Gasteiger partial charge on any atom is -0.452 e. The van der Waals surface area contributed by atoms with Gasteiger partial charge < -0.3 is 4.74 Å². The molecule has 0 unspecified atom stereocenters. The predicted octanol–water partition coefficient (Wildman–Crippen LogP) is 3.19. The lowest BCUT2D eigenvalue weighted by Crippen LogP contribution is -2.39. The molecule has 0 saturated heterocycles. The van der Waals surface area contributed by atoms with Crippen LogP contribution in [-0.2, 0) is 19.6 Å². The van der Waals surface area contributed by atoms with Crippen LogP contribution in [0.15, 0.2) is 71.8 Å². The molecule has 0 fully saturated rings. The maximum atomic E-state index is 13.3. The normalized spacial score (nSPS) is 21.6. The largest absolute Gasteiger partial charge is 0.452 e. The number of carbonyl (C=O) groups is 1. The molecule has 5 nitrogen and oxygen atoms in total. The Kier molecular flexibility index (Phi) is 3.92. The van der Waals surface area contributed by atoms with E-state index in [1.54, 1.807) is 42.6 Å². The predicted molar refractivity (Wildman–Crippen MR) is 97.4 cm³/mol. The van der Waals surface area contributed by atoms with Crippen LogP contribution in [0.25, 0.3) is 6.08 Å². The molecule has 132 valence electrons. The van der Waals surface area contributed by atoms with Gasteiger partial charge >= 0.3 is 5.97 Å². The van der Waals surface area contributed by atoms with Gasteiger partial charge in [0.05, 0.1) is 4.90 Å². The van der Waals surface area contributed by atoms with Crippen molar-refractivity contribution in [2.45, 2.75) is 24.0 Å². The van der Waals surface area contributed by atoms with Gasteiger partial charge in [0.1, 0.15) is 12.1 Å². The van der Waals surface area contributed by atoms with E-state index in [1.807, 2.05) is 31.2 Å². The van der Waals surface area contributed by atoms with Crippen LogP contribution in [0.2, 0.25) is 0 Å². The van der Waals surface area contributed by atoms with Gasteiger partial charge in [-0.1, -0.05) is 42.0 Å². The highest BCUT2D eigenvalue weighted by atomic mass is 32.2. The van der Waals surface area contributed by atoms with E-state index < -0.39 is 28.1 Å². The molecule has 2 aliphatic rings. The summed E-state index contributed by atoms with van der Waals surface area (Å²) in [4.78, 5) is 11.8. The van der Waals surface area contributed by atoms with Crippen molar-refractivity contribution in [2.24, 2.45) is 0 Å². The molecule has 0 N–H and O–H groups in total. The van der Waals surface area contributed by atoms with Crippen LogP contribution in [0.1, 0.15) is 22.7 Å². The Morgan fingerprint density at radius 2 is 1.73 bits per heavy atom. The molecule has 0 spiro atoms. The number of hydrogen-bond donors (Lipinski definition) is 0. The molecular weight excluding hydrogens is 350 g/mol. The summed E-state index contributed by atoms with van der Waals surface area (Å²) < 4.78 is 33.2. The average molecular weight is 367 g/mol. The third kappa shape index (κ3) is 2.72. The van der Waals surface area contributed by atoms with E-state index in [0.29, 0.717) is 0 Å². The van der Waals surface area contributed by atoms with Crippen LogP contribution in [0.3, 0.4) is 0 Å². The molecule has 2 heterocycles. The number of ether oxygens (including phenoxy) is 1. The van der Waals surface area contributed by atoms with Gasteiger partial charge in [-0.15, -0.1) is 0 Å². The molecule has 0 saturated carbocycles. The first-order valence-corrected chi connectivity index (χ1v) is 9.67. The molecule has 26 heavy (non-hydrogen) atoms. The van der Waals surface area contributed by atoms with Crippen molar-refractivity contribution in [3.05, 3.63) is 83.6 Å². The first kappa shape index (κ1) is 16.6. The quantitative estimate of drug-likeness (QED) is 0.782. The minimum atomic E-state index is -3.80. The summed E-state index contributed by atoms with van der Waals surface area (Å²) in [5.74, 6) is -0.463. The Morgan fingerprint density at radius 1 is 1.00 bits per heavy atom. The molecule has 2 aliphatic heterocycles. The maximum Gasteiger partial charge on any atom is 0.331 e. The highest BCUT2D eigenvalue weighted by Gasteiger charge is 2.40. The number of fused-ring (bicyclic) bond motifs is 1. The van der Waals surface area contributed by atoms with Crippen LogP contribution in [0.4, 0.5) is 0 Å². The Bertz CT molecular complexity index is 1020. The Labute approximate surface area is 152 Å². The molecule has 2 aromatic rings. The summed E-state index contributed by atoms with van der Waals surface area (Å²) in [6.45, 7) is 1.90. The standard InChI is InChI=1S/C20H17NO4S/c1-14-6-8-16(9-7-14)26(23,24)21-13-12-15-4-2-3-5-17(15)20(21)18-10-11-19(22)25-18/h2-13,18,20H,1H3/t18-,20-/m0/s1. The zero-order chi connectivity index (χ0) is 18.3. The Hall–Kier alpha value is -2.86. The lowest BCUT2D eigenvalue weighted by molar-refractivity contribution is -0.140. The molecule has 6 heteroatoms. The van der Waals surface area contributed by atoms with Crippen molar-refractivity contribution in [3.8, 4) is 0 Å². The first-order chi connectivity index (χ1) is 12.5. The summed E-state index contributed by atoms with van der Waals surface area (Å²) in [7, 11) is -3.80. The molecule has 2 aromatic carbocycles. The highest BCUT2D eigenvalue weighted by Crippen LogP contribution is 2.39. The topological polar surface area (TPSA) is 63.7 Å². The van der Waals surface area contributed by atoms with Gasteiger partial charge in [-0.2, -0.15) is 0 Å². The second kappa shape index (κ2) is 6.14. The van der Waals surface area contributed by atoms with Gasteiger partial charge in [-0.05, 0) is 42.3 Å². The van der Waals surface area contributed by atoms with Crippen molar-refractivity contribution in [3.63, 3.8) is 0 Å². The third-order valence-corrected chi connectivity index (χ3v) is 6.34. The van der Waals surface area contributed by atoms with E-state index in [1.165, 1.54) is 10.4 Å². The Balaban J connectivity index is 1.83. The third-order valence-electron chi connectivity index (χ3n) is 4.57. The van der Waals surface area contributed by atoms with Crippen LogP contribution in [0, 0.1) is 6.92 Å². The number of sulfonamides is 1. The van der Waals surface area contributed by atoms with Crippen molar-refractivity contribution in [1.29, 1.82) is 0 Å². The molecule has 2 atom stereocenters. The van der Waals surface area contributed by atoms with Gasteiger partial charge in [0.25, 0.3) is 10.0 Å². The first-order valence-electron chi connectivity index (χ1n) is 8.23. The zero-order valence-corrected chi connectivity index (χ0v) is 14.9. The zero-order valence-electron chi connectivity index (χ0n) is 14.1. The fourth-order valence-corrected chi connectivity index (χ4v) is 4.73. The number of nitrogens with zero attached hydrogens (tertiary/aromatic N) is 1. The number of esters is 1. The number of carbonyl (C=O) groups excluding carboxylic acids is 1. The number of rotatable bonds is 3. The summed E-state index contributed by atoms with van der Waals surface area (Å²) in [5.41, 5.74) is 2.69. The highest BCUT2D eigenvalue weighted by molar-refractivity contribution is 7.89. The van der Waals surface area contributed by atoms with Gasteiger partial charge in [0, 0.05) is 12.3 Å². The van der Waals surface area contributed by atoms with E-state index in [0.717, 1.165) is 16.7 Å². The number of benzene rings is 2. The molecule has 0 aliphatic carbocycles. The van der Waals surface area contributed by atoms with E-state index in [9.17, 15) is 13.2 Å². The molecule has 0 aromatic heterocycles. The van der Waals surface area contributed by atoms with Crippen LogP contribution in [0.5, 0.6) is 0 Å². The number of aryl methyl sites for hydroxylation is 1. The summed E-state index contributed by atoms with van der Waals surface area (Å²) >= 11 is 0. The monoisotopic (exact) mass is 367 g/mol. The number of cyclic esters (lactones) is 1. The van der Waals surface area contributed by atoms with Crippen molar-refractivity contribution < 1.29 is 17.9 Å². The second-order valence-corrected chi connectivity index (χ2v) is 8.14. The van der Waals surface area contributed by atoms with E-state index in [2.05, 4.69) is 0 Å². The van der Waals surface area contributed by atoms with Gasteiger partial charge in [0.15, 0.2) is 0 Å². The fraction of sp³-hybridized carbons (Fsp3) is 0.150. The fourth-order valence-electron chi connectivity index (χ4n) is 3.25. The summed E-state index contributed by atoms with van der Waals surface area (Å²) in [5, 5.41) is 0.